The van der Waals surface area contributed by atoms with Crippen LogP contribution in [0.2, 0.25) is 0 Å². The van der Waals surface area contributed by atoms with Crippen LogP contribution in [-0.4, -0.2) is 5.78 Å². The van der Waals surface area contributed by atoms with Gasteiger partial charge in [-0.05, 0) is 24.7 Å². The molecule has 0 amide bonds. The summed E-state index contributed by atoms with van der Waals surface area (Å²) in [5, 5.41) is 0. The number of unbranched alkanes of at least 4 members (excludes halogenated alkanes) is 1. The molecule has 70 valence electrons. The van der Waals surface area contributed by atoms with Gasteiger partial charge in [0.1, 0.15) is 5.78 Å². The minimum Gasteiger partial charge on any atom is -0.300 e. The standard InChI is InChI=1S/C11H20O/c1-3-4-5-10-8-11(12)7-6-9(10)2/h9-10H,3-8H2,1-2H3. The van der Waals surface area contributed by atoms with Gasteiger partial charge in [0.15, 0.2) is 0 Å². The highest BCUT2D eigenvalue weighted by Crippen LogP contribution is 2.31. The van der Waals surface area contributed by atoms with Gasteiger partial charge in [0.25, 0.3) is 0 Å². The maximum atomic E-state index is 11.2. The second-order valence-corrected chi connectivity index (χ2v) is 4.16. The highest BCUT2D eigenvalue weighted by atomic mass is 16.1. The number of Topliss-reactive ketones (excluding diaryl/α,β-unsaturated/α-hetero) is 1. The van der Waals surface area contributed by atoms with Crippen LogP contribution < -0.4 is 0 Å². The van der Waals surface area contributed by atoms with Gasteiger partial charge >= 0.3 is 0 Å². The largest absolute Gasteiger partial charge is 0.300 e. The van der Waals surface area contributed by atoms with Crippen LogP contribution in [-0.2, 0) is 4.79 Å². The molecule has 1 nitrogen and oxygen atoms in total. The van der Waals surface area contributed by atoms with Crippen molar-refractivity contribution >= 4 is 5.78 Å². The van der Waals surface area contributed by atoms with Gasteiger partial charge in [0.2, 0.25) is 0 Å². The second kappa shape index (κ2) is 4.64. The number of ketones is 1. The number of hydrogen-bond donors (Lipinski definition) is 0. The highest BCUT2D eigenvalue weighted by molar-refractivity contribution is 5.79. The molecule has 0 heterocycles. The average molecular weight is 168 g/mol. The summed E-state index contributed by atoms with van der Waals surface area (Å²) < 4.78 is 0. The third-order valence-corrected chi connectivity index (χ3v) is 3.10. The summed E-state index contributed by atoms with van der Waals surface area (Å²) >= 11 is 0. The van der Waals surface area contributed by atoms with Gasteiger partial charge in [-0.2, -0.15) is 0 Å². The third kappa shape index (κ3) is 2.62. The van der Waals surface area contributed by atoms with Gasteiger partial charge < -0.3 is 0 Å². The Morgan fingerprint density at radius 3 is 2.92 bits per heavy atom. The van der Waals surface area contributed by atoms with Crippen molar-refractivity contribution in [2.45, 2.75) is 52.4 Å². The minimum atomic E-state index is 0.495. The Morgan fingerprint density at radius 1 is 1.50 bits per heavy atom. The number of carbonyl (C=O) groups excluding carboxylic acids is 1. The van der Waals surface area contributed by atoms with E-state index in [-0.39, 0.29) is 0 Å². The molecule has 0 aliphatic heterocycles. The Bertz CT molecular complexity index is 151. The molecule has 1 saturated carbocycles. The smallest absolute Gasteiger partial charge is 0.133 e. The highest BCUT2D eigenvalue weighted by Gasteiger charge is 2.25. The summed E-state index contributed by atoms with van der Waals surface area (Å²) in [5.74, 6) is 1.98. The molecule has 0 spiro atoms. The Morgan fingerprint density at radius 2 is 2.25 bits per heavy atom. The van der Waals surface area contributed by atoms with E-state index >= 15 is 0 Å². The van der Waals surface area contributed by atoms with Crippen LogP contribution in [0.5, 0.6) is 0 Å². The second-order valence-electron chi connectivity index (χ2n) is 4.16. The molecule has 1 aliphatic rings. The van der Waals surface area contributed by atoms with E-state index in [1.54, 1.807) is 0 Å². The molecule has 0 radical (unpaired) electrons. The fourth-order valence-electron chi connectivity index (χ4n) is 2.07. The average Bonchev–Trinajstić information content (AvgIpc) is 2.07. The lowest BCUT2D eigenvalue weighted by Crippen LogP contribution is -2.22. The van der Waals surface area contributed by atoms with Gasteiger partial charge in [0.05, 0.1) is 0 Å². The van der Waals surface area contributed by atoms with Crippen molar-refractivity contribution in [1.29, 1.82) is 0 Å². The van der Waals surface area contributed by atoms with E-state index in [0.29, 0.717) is 11.7 Å². The third-order valence-electron chi connectivity index (χ3n) is 3.10. The number of rotatable bonds is 3. The Hall–Kier alpha value is -0.330. The maximum absolute atomic E-state index is 11.2. The van der Waals surface area contributed by atoms with Crippen LogP contribution in [0.3, 0.4) is 0 Å². The zero-order chi connectivity index (χ0) is 8.97. The van der Waals surface area contributed by atoms with E-state index in [2.05, 4.69) is 13.8 Å². The first-order valence-electron chi connectivity index (χ1n) is 5.25. The molecule has 12 heavy (non-hydrogen) atoms. The quantitative estimate of drug-likeness (QED) is 0.632. The normalized spacial score (nSPS) is 30.7. The first-order valence-corrected chi connectivity index (χ1v) is 5.25. The lowest BCUT2D eigenvalue weighted by Gasteiger charge is -2.27. The summed E-state index contributed by atoms with van der Waals surface area (Å²) in [7, 11) is 0. The molecule has 0 aromatic carbocycles. The van der Waals surface area contributed by atoms with Crippen molar-refractivity contribution in [3.63, 3.8) is 0 Å². The monoisotopic (exact) mass is 168 g/mol. The molecule has 0 bridgehead atoms. The summed E-state index contributed by atoms with van der Waals surface area (Å²) in [6, 6.07) is 0. The lowest BCUT2D eigenvalue weighted by molar-refractivity contribution is -0.122. The van der Waals surface area contributed by atoms with Crippen molar-refractivity contribution in [2.75, 3.05) is 0 Å². The number of carbonyl (C=O) groups is 1. The first-order chi connectivity index (χ1) is 5.74. The fourth-order valence-corrected chi connectivity index (χ4v) is 2.07. The van der Waals surface area contributed by atoms with Crippen LogP contribution in [0.15, 0.2) is 0 Å². The molecular weight excluding hydrogens is 148 g/mol. The zero-order valence-corrected chi connectivity index (χ0v) is 8.31. The van der Waals surface area contributed by atoms with E-state index in [0.717, 1.165) is 25.2 Å². The predicted octanol–water partition coefficient (Wildman–Crippen LogP) is 3.18. The van der Waals surface area contributed by atoms with Crippen LogP contribution in [0, 0.1) is 11.8 Å². The van der Waals surface area contributed by atoms with E-state index in [1.807, 2.05) is 0 Å². The summed E-state index contributed by atoms with van der Waals surface area (Å²) in [5.41, 5.74) is 0. The van der Waals surface area contributed by atoms with Crippen LogP contribution >= 0.6 is 0 Å². The molecule has 0 aromatic rings. The molecule has 2 unspecified atom stereocenters. The molecule has 2 atom stereocenters. The van der Waals surface area contributed by atoms with Crippen molar-refractivity contribution < 1.29 is 4.79 Å². The predicted molar refractivity (Wildman–Crippen MR) is 51.0 cm³/mol. The van der Waals surface area contributed by atoms with Gasteiger partial charge in [-0.1, -0.05) is 26.7 Å². The molecule has 0 N–H and O–H groups in total. The summed E-state index contributed by atoms with van der Waals surface area (Å²) in [4.78, 5) is 11.2. The van der Waals surface area contributed by atoms with Crippen molar-refractivity contribution in [3.8, 4) is 0 Å². The molecule has 1 fully saturated rings. The van der Waals surface area contributed by atoms with E-state index in [4.69, 9.17) is 0 Å². The van der Waals surface area contributed by atoms with E-state index in [1.165, 1.54) is 19.3 Å². The minimum absolute atomic E-state index is 0.495. The summed E-state index contributed by atoms with van der Waals surface area (Å²) in [6.45, 7) is 4.52. The van der Waals surface area contributed by atoms with E-state index < -0.39 is 0 Å². The van der Waals surface area contributed by atoms with E-state index in [9.17, 15) is 4.79 Å². The van der Waals surface area contributed by atoms with Gasteiger partial charge in [-0.25, -0.2) is 0 Å². The molecule has 1 heteroatoms. The SMILES string of the molecule is CCCCC1CC(=O)CCC1C. The zero-order valence-electron chi connectivity index (χ0n) is 8.31. The lowest BCUT2D eigenvalue weighted by atomic mass is 9.77. The molecule has 0 aromatic heterocycles. The first kappa shape index (κ1) is 9.76. The van der Waals surface area contributed by atoms with Crippen molar-refractivity contribution in [1.82, 2.24) is 0 Å². The Kier molecular flexibility index (Phi) is 3.77. The van der Waals surface area contributed by atoms with Crippen molar-refractivity contribution in [3.05, 3.63) is 0 Å². The van der Waals surface area contributed by atoms with Crippen molar-refractivity contribution in [2.24, 2.45) is 11.8 Å². The molecular formula is C11H20O. The van der Waals surface area contributed by atoms with Crippen LogP contribution in [0.1, 0.15) is 52.4 Å². The van der Waals surface area contributed by atoms with Gasteiger partial charge in [0, 0.05) is 12.8 Å². The van der Waals surface area contributed by atoms with Crippen LogP contribution in [0.25, 0.3) is 0 Å². The van der Waals surface area contributed by atoms with Crippen LogP contribution in [0.4, 0.5) is 0 Å². The maximum Gasteiger partial charge on any atom is 0.133 e. The Balaban J connectivity index is 2.33. The van der Waals surface area contributed by atoms with Gasteiger partial charge in [-0.15, -0.1) is 0 Å². The molecule has 0 saturated heterocycles. The molecule has 1 aliphatic carbocycles. The van der Waals surface area contributed by atoms with Gasteiger partial charge in [-0.3, -0.25) is 4.79 Å². The topological polar surface area (TPSA) is 17.1 Å². The number of hydrogen-bond acceptors (Lipinski definition) is 1. The fraction of sp³-hybridized carbons (Fsp3) is 0.909. The molecule has 1 rings (SSSR count). The Labute approximate surface area is 75.5 Å². The summed E-state index contributed by atoms with van der Waals surface area (Å²) in [6.07, 6.45) is 6.65.